The summed E-state index contributed by atoms with van der Waals surface area (Å²) in [5, 5.41) is 11.7. The fourth-order valence-electron chi connectivity index (χ4n) is 3.18. The molecule has 1 aliphatic heterocycles. The highest BCUT2D eigenvalue weighted by Gasteiger charge is 2.40. The van der Waals surface area contributed by atoms with Crippen LogP contribution in [0.4, 0.5) is 0 Å². The molecule has 20 heavy (non-hydrogen) atoms. The first-order valence-electron chi connectivity index (χ1n) is 7.37. The quantitative estimate of drug-likeness (QED) is 0.357. The largest absolute Gasteiger partial charge is 0.409 e. The molecule has 7 heteroatoms. The van der Waals surface area contributed by atoms with Crippen LogP contribution in [0.2, 0.25) is 0 Å². The second kappa shape index (κ2) is 5.89. The minimum Gasteiger partial charge on any atom is -0.409 e. The summed E-state index contributed by atoms with van der Waals surface area (Å²) >= 11 is 0. The van der Waals surface area contributed by atoms with Gasteiger partial charge in [0.25, 0.3) is 0 Å². The molecule has 3 N–H and O–H groups in total. The summed E-state index contributed by atoms with van der Waals surface area (Å²) in [7, 11) is -3.18. The van der Waals surface area contributed by atoms with E-state index in [-0.39, 0.29) is 11.1 Å². The van der Waals surface area contributed by atoms with Gasteiger partial charge in [0, 0.05) is 18.5 Å². The summed E-state index contributed by atoms with van der Waals surface area (Å²) in [6, 6.07) is 0. The molecule has 2 fully saturated rings. The maximum absolute atomic E-state index is 12.6. The van der Waals surface area contributed by atoms with E-state index in [1.54, 1.807) is 4.31 Å². The number of amidine groups is 1. The normalized spacial score (nSPS) is 26.6. The number of hydrogen-bond donors (Lipinski definition) is 2. The smallest absolute Gasteiger partial charge is 0.216 e. The van der Waals surface area contributed by atoms with E-state index in [0.29, 0.717) is 25.9 Å². The fourth-order valence-corrected chi connectivity index (χ4v) is 5.23. The molecule has 2 rings (SSSR count). The Labute approximate surface area is 121 Å². The summed E-state index contributed by atoms with van der Waals surface area (Å²) in [6.45, 7) is 2.85. The average Bonchev–Trinajstić information content (AvgIpc) is 2.47. The zero-order valence-corrected chi connectivity index (χ0v) is 12.9. The average molecular weight is 303 g/mol. The molecule has 0 spiro atoms. The number of sulfonamides is 1. The Hall–Kier alpha value is -0.820. The molecule has 0 aromatic heterocycles. The molecule has 0 radical (unpaired) electrons. The van der Waals surface area contributed by atoms with Gasteiger partial charge in [0.1, 0.15) is 5.84 Å². The molecule has 1 saturated heterocycles. The molecule has 0 aromatic rings. The zero-order valence-electron chi connectivity index (χ0n) is 12.1. The van der Waals surface area contributed by atoms with Crippen LogP contribution < -0.4 is 5.73 Å². The maximum atomic E-state index is 12.6. The first kappa shape index (κ1) is 15.6. The zero-order chi connectivity index (χ0) is 14.8. The minimum absolute atomic E-state index is 0.201. The molecule has 0 amide bonds. The van der Waals surface area contributed by atoms with Gasteiger partial charge in [0.2, 0.25) is 10.0 Å². The van der Waals surface area contributed by atoms with Crippen LogP contribution >= 0.6 is 0 Å². The molecule has 1 heterocycles. The summed E-state index contributed by atoms with van der Waals surface area (Å²) in [4.78, 5) is 0. The lowest BCUT2D eigenvalue weighted by molar-refractivity contribution is 0.227. The van der Waals surface area contributed by atoms with Crippen LogP contribution in [0.15, 0.2) is 5.16 Å². The van der Waals surface area contributed by atoms with Gasteiger partial charge in [-0.15, -0.1) is 0 Å². The first-order valence-corrected chi connectivity index (χ1v) is 8.87. The molecule has 0 atom stereocenters. The van der Waals surface area contributed by atoms with Gasteiger partial charge in [-0.05, 0) is 25.7 Å². The Balaban J connectivity index is 2.03. The standard InChI is InChI=1S/C13H25N3O3S/c1-13(12(14)15-17)7-9-16(10-8-13)20(18,19)11-5-3-2-4-6-11/h11,17H,2-10H2,1H3,(H2,14,15). The van der Waals surface area contributed by atoms with E-state index in [1.165, 1.54) is 0 Å². The Morgan fingerprint density at radius 1 is 1.25 bits per heavy atom. The monoisotopic (exact) mass is 303 g/mol. The Bertz CT molecular complexity index is 461. The van der Waals surface area contributed by atoms with E-state index in [1.807, 2.05) is 6.92 Å². The highest BCUT2D eigenvalue weighted by Crippen LogP contribution is 2.34. The molecule has 2 aliphatic rings. The van der Waals surface area contributed by atoms with Crippen LogP contribution in [0.3, 0.4) is 0 Å². The Morgan fingerprint density at radius 3 is 2.30 bits per heavy atom. The van der Waals surface area contributed by atoms with Gasteiger partial charge in [-0.2, -0.15) is 0 Å². The fraction of sp³-hybridized carbons (Fsp3) is 0.923. The van der Waals surface area contributed by atoms with Gasteiger partial charge in [0.15, 0.2) is 0 Å². The number of rotatable bonds is 3. The number of nitrogens with zero attached hydrogens (tertiary/aromatic N) is 2. The van der Waals surface area contributed by atoms with Gasteiger partial charge in [-0.1, -0.05) is 31.3 Å². The SMILES string of the molecule is CC1(C(N)=NO)CCN(S(=O)(=O)C2CCCCC2)CC1. The predicted octanol–water partition coefficient (Wildman–Crippen LogP) is 1.50. The first-order chi connectivity index (χ1) is 9.40. The highest BCUT2D eigenvalue weighted by molar-refractivity contribution is 7.89. The van der Waals surface area contributed by atoms with Crippen molar-refractivity contribution >= 4 is 15.9 Å². The molecule has 116 valence electrons. The van der Waals surface area contributed by atoms with Gasteiger partial charge in [0.05, 0.1) is 5.25 Å². The van der Waals surface area contributed by atoms with Crippen LogP contribution in [0.1, 0.15) is 51.9 Å². The van der Waals surface area contributed by atoms with Crippen molar-refractivity contribution in [2.45, 2.75) is 57.1 Å². The van der Waals surface area contributed by atoms with Crippen LogP contribution in [-0.4, -0.2) is 42.1 Å². The van der Waals surface area contributed by atoms with Crippen molar-refractivity contribution in [2.75, 3.05) is 13.1 Å². The number of hydrogen-bond acceptors (Lipinski definition) is 4. The van der Waals surface area contributed by atoms with Crippen LogP contribution in [0.25, 0.3) is 0 Å². The summed E-state index contributed by atoms with van der Waals surface area (Å²) in [5.41, 5.74) is 5.32. The number of oxime groups is 1. The predicted molar refractivity (Wildman–Crippen MR) is 78.1 cm³/mol. The second-order valence-corrected chi connectivity index (χ2v) is 8.46. The van der Waals surface area contributed by atoms with E-state index in [0.717, 1.165) is 32.1 Å². The maximum Gasteiger partial charge on any atom is 0.216 e. The topological polar surface area (TPSA) is 96.0 Å². The third-order valence-electron chi connectivity index (χ3n) is 4.89. The van der Waals surface area contributed by atoms with E-state index in [9.17, 15) is 8.42 Å². The van der Waals surface area contributed by atoms with Gasteiger partial charge < -0.3 is 10.9 Å². The number of nitrogens with two attached hydrogens (primary N) is 1. The molecular formula is C13H25N3O3S. The van der Waals surface area contributed by atoms with E-state index in [4.69, 9.17) is 10.9 Å². The lowest BCUT2D eigenvalue weighted by Gasteiger charge is -2.39. The van der Waals surface area contributed by atoms with Crippen molar-refractivity contribution in [3.8, 4) is 0 Å². The van der Waals surface area contributed by atoms with Crippen molar-refractivity contribution in [2.24, 2.45) is 16.3 Å². The summed E-state index contributed by atoms with van der Waals surface area (Å²) < 4.78 is 26.8. The molecule has 0 unspecified atom stereocenters. The molecule has 0 bridgehead atoms. The Kier molecular flexibility index (Phi) is 4.59. The molecule has 0 aromatic carbocycles. The van der Waals surface area contributed by atoms with Crippen molar-refractivity contribution in [3.05, 3.63) is 0 Å². The third kappa shape index (κ3) is 2.93. The van der Waals surface area contributed by atoms with E-state index < -0.39 is 15.4 Å². The summed E-state index contributed by atoms with van der Waals surface area (Å²) in [5.74, 6) is 0.201. The van der Waals surface area contributed by atoms with E-state index >= 15 is 0 Å². The van der Waals surface area contributed by atoms with Gasteiger partial charge in [-0.25, -0.2) is 12.7 Å². The second-order valence-electron chi connectivity index (χ2n) is 6.25. The lowest BCUT2D eigenvalue weighted by Crippen LogP contribution is -2.49. The van der Waals surface area contributed by atoms with Crippen LogP contribution in [0.5, 0.6) is 0 Å². The third-order valence-corrected chi connectivity index (χ3v) is 7.28. The minimum atomic E-state index is -3.18. The van der Waals surface area contributed by atoms with Crippen molar-refractivity contribution in [1.82, 2.24) is 4.31 Å². The number of piperidine rings is 1. The summed E-state index contributed by atoms with van der Waals surface area (Å²) in [6.07, 6.45) is 5.96. The Morgan fingerprint density at radius 2 is 1.80 bits per heavy atom. The van der Waals surface area contributed by atoms with Gasteiger partial charge >= 0.3 is 0 Å². The van der Waals surface area contributed by atoms with Gasteiger partial charge in [-0.3, -0.25) is 0 Å². The van der Waals surface area contributed by atoms with Crippen molar-refractivity contribution in [3.63, 3.8) is 0 Å². The lowest BCUT2D eigenvalue weighted by atomic mass is 9.80. The van der Waals surface area contributed by atoms with Crippen LogP contribution in [0, 0.1) is 5.41 Å². The van der Waals surface area contributed by atoms with Crippen molar-refractivity contribution in [1.29, 1.82) is 0 Å². The van der Waals surface area contributed by atoms with Crippen LogP contribution in [-0.2, 0) is 10.0 Å². The molecule has 6 nitrogen and oxygen atoms in total. The molecular weight excluding hydrogens is 278 g/mol. The van der Waals surface area contributed by atoms with E-state index in [2.05, 4.69) is 5.16 Å². The molecule has 1 aliphatic carbocycles. The molecule has 1 saturated carbocycles. The highest BCUT2D eigenvalue weighted by atomic mass is 32.2. The van der Waals surface area contributed by atoms with Crippen molar-refractivity contribution < 1.29 is 13.6 Å².